The highest BCUT2D eigenvalue weighted by Crippen LogP contribution is 2.39. The average molecular weight is 289 g/mol. The van der Waals surface area contributed by atoms with Crippen LogP contribution in [0.4, 0.5) is 0 Å². The molecule has 0 heterocycles. The molecule has 0 aromatic carbocycles. The number of carbonyl (C=O) groups is 1. The minimum absolute atomic E-state index is 0.00597. The minimum Gasteiger partial charge on any atom is -0.354 e. The van der Waals surface area contributed by atoms with Crippen molar-refractivity contribution in [1.82, 2.24) is 5.32 Å². The Kier molecular flexibility index (Phi) is 7.45. The lowest BCUT2D eigenvalue weighted by molar-refractivity contribution is -0.127. The number of rotatable bonds is 7. The summed E-state index contributed by atoms with van der Waals surface area (Å²) in [5, 5.41) is 3.06. The van der Waals surface area contributed by atoms with Crippen molar-refractivity contribution in [3.8, 4) is 0 Å². The second-order valence-electron chi connectivity index (χ2n) is 7.22. The standard InChI is InChI=1S/C15H32N2OS/c1-11(2)17-13(18)12(10-14(3,4)5)15(6,7)19-9-8-16/h11-12H,8-10,16H2,1-7H3,(H,17,18). The molecule has 0 saturated heterocycles. The first-order valence-electron chi connectivity index (χ1n) is 7.14. The second-order valence-corrected chi connectivity index (χ2v) is 8.97. The molecule has 0 aliphatic heterocycles. The first kappa shape index (κ1) is 18.8. The van der Waals surface area contributed by atoms with Gasteiger partial charge in [-0.3, -0.25) is 4.79 Å². The van der Waals surface area contributed by atoms with Crippen LogP contribution in [0.25, 0.3) is 0 Å². The lowest BCUT2D eigenvalue weighted by atomic mass is 9.78. The van der Waals surface area contributed by atoms with Crippen molar-refractivity contribution in [3.63, 3.8) is 0 Å². The van der Waals surface area contributed by atoms with Crippen molar-refractivity contribution in [2.75, 3.05) is 12.3 Å². The SMILES string of the molecule is CC(C)NC(=O)C(CC(C)(C)C)C(C)(C)SCCN. The Bertz CT molecular complexity index is 282. The number of hydrogen-bond acceptors (Lipinski definition) is 3. The molecule has 0 aliphatic rings. The van der Waals surface area contributed by atoms with Gasteiger partial charge >= 0.3 is 0 Å². The van der Waals surface area contributed by atoms with Crippen LogP contribution in [0, 0.1) is 11.3 Å². The molecule has 0 saturated carbocycles. The van der Waals surface area contributed by atoms with Gasteiger partial charge in [0.15, 0.2) is 0 Å². The Balaban J connectivity index is 4.98. The van der Waals surface area contributed by atoms with E-state index < -0.39 is 0 Å². The van der Waals surface area contributed by atoms with Gasteiger partial charge in [0.2, 0.25) is 5.91 Å². The summed E-state index contributed by atoms with van der Waals surface area (Å²) >= 11 is 1.80. The van der Waals surface area contributed by atoms with E-state index >= 15 is 0 Å². The zero-order chi connectivity index (χ0) is 15.3. The molecule has 114 valence electrons. The maximum Gasteiger partial charge on any atom is 0.224 e. The summed E-state index contributed by atoms with van der Waals surface area (Å²) in [5.41, 5.74) is 5.74. The molecule has 1 unspecified atom stereocenters. The number of nitrogens with one attached hydrogen (secondary N) is 1. The van der Waals surface area contributed by atoms with Gasteiger partial charge in [-0.15, -0.1) is 0 Å². The third kappa shape index (κ3) is 7.83. The molecule has 1 amide bonds. The number of hydrogen-bond donors (Lipinski definition) is 2. The molecule has 0 bridgehead atoms. The van der Waals surface area contributed by atoms with Gasteiger partial charge in [0, 0.05) is 23.1 Å². The molecule has 1 atom stereocenters. The Morgan fingerprint density at radius 3 is 2.11 bits per heavy atom. The summed E-state index contributed by atoms with van der Waals surface area (Å²) in [6, 6.07) is 0.185. The van der Waals surface area contributed by atoms with Gasteiger partial charge in [0.05, 0.1) is 5.92 Å². The van der Waals surface area contributed by atoms with E-state index in [0.717, 1.165) is 12.2 Å². The molecule has 3 N–H and O–H groups in total. The van der Waals surface area contributed by atoms with Crippen LogP contribution in [0.2, 0.25) is 0 Å². The summed E-state index contributed by atoms with van der Waals surface area (Å²) in [4.78, 5) is 12.5. The maximum absolute atomic E-state index is 12.5. The molecule has 0 aromatic rings. The fraction of sp³-hybridized carbons (Fsp3) is 0.933. The van der Waals surface area contributed by atoms with E-state index in [1.54, 1.807) is 11.8 Å². The lowest BCUT2D eigenvalue weighted by Crippen LogP contribution is -2.45. The monoisotopic (exact) mass is 288 g/mol. The number of amides is 1. The van der Waals surface area contributed by atoms with Gasteiger partial charge in [-0.2, -0.15) is 11.8 Å². The van der Waals surface area contributed by atoms with Crippen LogP contribution in [0.1, 0.15) is 54.9 Å². The topological polar surface area (TPSA) is 55.1 Å². The van der Waals surface area contributed by atoms with Crippen molar-refractivity contribution in [2.24, 2.45) is 17.1 Å². The number of carbonyl (C=O) groups excluding carboxylic acids is 1. The van der Waals surface area contributed by atoms with Crippen LogP contribution in [0.3, 0.4) is 0 Å². The van der Waals surface area contributed by atoms with Gasteiger partial charge in [-0.1, -0.05) is 20.8 Å². The Hall–Kier alpha value is -0.220. The van der Waals surface area contributed by atoms with E-state index in [2.05, 4.69) is 39.9 Å². The predicted octanol–water partition coefficient (Wildman–Crippen LogP) is 3.03. The fourth-order valence-corrected chi connectivity index (χ4v) is 3.11. The first-order valence-corrected chi connectivity index (χ1v) is 8.12. The molecule has 4 heteroatoms. The zero-order valence-electron chi connectivity index (χ0n) is 13.7. The third-order valence-corrected chi connectivity index (χ3v) is 4.46. The van der Waals surface area contributed by atoms with Gasteiger partial charge in [0.1, 0.15) is 0 Å². The second kappa shape index (κ2) is 7.53. The van der Waals surface area contributed by atoms with Crippen molar-refractivity contribution in [2.45, 2.75) is 65.7 Å². The van der Waals surface area contributed by atoms with Gasteiger partial charge in [-0.25, -0.2) is 0 Å². The normalized spacial score (nSPS) is 14.6. The minimum atomic E-state index is -0.0916. The highest BCUT2D eigenvalue weighted by atomic mass is 32.2. The Morgan fingerprint density at radius 2 is 1.74 bits per heavy atom. The number of thioether (sulfide) groups is 1. The molecular formula is C15H32N2OS. The largest absolute Gasteiger partial charge is 0.354 e. The summed E-state index contributed by atoms with van der Waals surface area (Å²) in [5.74, 6) is 1.06. The summed E-state index contributed by atoms with van der Waals surface area (Å²) in [7, 11) is 0. The summed E-state index contributed by atoms with van der Waals surface area (Å²) in [6.07, 6.45) is 0.885. The van der Waals surface area contributed by atoms with Gasteiger partial charge in [-0.05, 0) is 39.5 Å². The van der Waals surface area contributed by atoms with E-state index in [1.165, 1.54) is 0 Å². The quantitative estimate of drug-likeness (QED) is 0.757. The van der Waals surface area contributed by atoms with Crippen LogP contribution < -0.4 is 11.1 Å². The highest BCUT2D eigenvalue weighted by Gasteiger charge is 2.38. The van der Waals surface area contributed by atoms with E-state index in [0.29, 0.717) is 6.54 Å². The lowest BCUT2D eigenvalue weighted by Gasteiger charge is -2.37. The van der Waals surface area contributed by atoms with Gasteiger partial charge in [0.25, 0.3) is 0 Å². The smallest absolute Gasteiger partial charge is 0.224 e. The van der Waals surface area contributed by atoms with E-state index in [4.69, 9.17) is 5.73 Å². The predicted molar refractivity (Wildman–Crippen MR) is 86.4 cm³/mol. The Labute approximate surface area is 123 Å². The molecule has 0 aliphatic carbocycles. The van der Waals surface area contributed by atoms with Crippen LogP contribution in [-0.4, -0.2) is 29.0 Å². The molecule has 0 aromatic heterocycles. The van der Waals surface area contributed by atoms with E-state index in [9.17, 15) is 4.79 Å². The van der Waals surface area contributed by atoms with Crippen molar-refractivity contribution in [1.29, 1.82) is 0 Å². The summed E-state index contributed by atoms with van der Waals surface area (Å²) in [6.45, 7) is 15.5. The van der Waals surface area contributed by atoms with Crippen LogP contribution >= 0.6 is 11.8 Å². The highest BCUT2D eigenvalue weighted by molar-refractivity contribution is 8.00. The van der Waals surface area contributed by atoms with Crippen molar-refractivity contribution >= 4 is 17.7 Å². The van der Waals surface area contributed by atoms with E-state index in [-0.39, 0.29) is 28.0 Å². The van der Waals surface area contributed by atoms with Crippen LogP contribution in [0.5, 0.6) is 0 Å². The van der Waals surface area contributed by atoms with Gasteiger partial charge < -0.3 is 11.1 Å². The number of nitrogens with two attached hydrogens (primary N) is 1. The molecule has 0 radical (unpaired) electrons. The molecule has 0 spiro atoms. The third-order valence-electron chi connectivity index (χ3n) is 3.00. The molecule has 0 rings (SSSR count). The maximum atomic E-state index is 12.5. The fourth-order valence-electron chi connectivity index (χ4n) is 2.07. The Morgan fingerprint density at radius 1 is 1.21 bits per heavy atom. The van der Waals surface area contributed by atoms with E-state index in [1.807, 2.05) is 13.8 Å². The van der Waals surface area contributed by atoms with Crippen molar-refractivity contribution in [3.05, 3.63) is 0 Å². The molecule has 19 heavy (non-hydrogen) atoms. The average Bonchev–Trinajstić information content (AvgIpc) is 2.20. The van der Waals surface area contributed by atoms with Crippen LogP contribution in [0.15, 0.2) is 0 Å². The molecule has 0 fully saturated rings. The first-order chi connectivity index (χ1) is 8.49. The zero-order valence-corrected chi connectivity index (χ0v) is 14.5. The van der Waals surface area contributed by atoms with Crippen molar-refractivity contribution < 1.29 is 4.79 Å². The molecular weight excluding hydrogens is 256 g/mol. The summed E-state index contributed by atoms with van der Waals surface area (Å²) < 4.78 is -0.0916. The molecule has 3 nitrogen and oxygen atoms in total. The van der Waals surface area contributed by atoms with Crippen LogP contribution in [-0.2, 0) is 4.79 Å².